The summed E-state index contributed by atoms with van der Waals surface area (Å²) in [5, 5.41) is 9.23. The minimum absolute atomic E-state index is 0.101. The van der Waals surface area contributed by atoms with E-state index in [0.717, 1.165) is 6.42 Å². The molecule has 0 aromatic heterocycles. The molecule has 0 radical (unpaired) electrons. The van der Waals surface area contributed by atoms with Crippen molar-refractivity contribution in [2.75, 3.05) is 6.61 Å². The predicted molar refractivity (Wildman–Crippen MR) is 43.2 cm³/mol. The molecule has 66 valence electrons. The summed E-state index contributed by atoms with van der Waals surface area (Å²) in [7, 11) is 0. The maximum Gasteiger partial charge on any atom is 0.0925 e. The van der Waals surface area contributed by atoms with E-state index in [2.05, 4.69) is 13.8 Å². The maximum absolute atomic E-state index is 9.23. The molecule has 11 heavy (non-hydrogen) atoms. The van der Waals surface area contributed by atoms with Crippen LogP contribution < -0.4 is 5.73 Å². The Morgan fingerprint density at radius 3 is 2.64 bits per heavy atom. The van der Waals surface area contributed by atoms with E-state index in [1.807, 2.05) is 0 Å². The first kappa shape index (κ1) is 8.97. The molecule has 0 aromatic carbocycles. The minimum Gasteiger partial charge on any atom is -0.389 e. The molecule has 3 nitrogen and oxygen atoms in total. The van der Waals surface area contributed by atoms with Crippen LogP contribution in [0.2, 0.25) is 0 Å². The summed E-state index contributed by atoms with van der Waals surface area (Å²) in [4.78, 5) is 0. The molecule has 1 heterocycles. The van der Waals surface area contributed by atoms with Crippen molar-refractivity contribution in [1.29, 1.82) is 0 Å². The molecule has 1 aliphatic heterocycles. The Bertz CT molecular complexity index is 127. The number of aliphatic hydroxyl groups is 1. The van der Waals surface area contributed by atoms with E-state index in [0.29, 0.717) is 12.5 Å². The Labute approximate surface area is 67.5 Å². The van der Waals surface area contributed by atoms with Crippen LogP contribution in [-0.4, -0.2) is 30.0 Å². The number of hydrogen-bond donors (Lipinski definition) is 2. The highest BCUT2D eigenvalue weighted by molar-refractivity contribution is 4.82. The van der Waals surface area contributed by atoms with Crippen molar-refractivity contribution >= 4 is 0 Å². The zero-order valence-corrected chi connectivity index (χ0v) is 7.16. The van der Waals surface area contributed by atoms with Crippen LogP contribution in [0.4, 0.5) is 0 Å². The summed E-state index contributed by atoms with van der Waals surface area (Å²) >= 11 is 0. The standard InChI is InChI=1S/C8H17NO2/c1-5(2)8-3-6(9)7(10)4-11-8/h5-8,10H,3-4,9H2,1-2H3/t6-,7-,8-/m1/s1. The van der Waals surface area contributed by atoms with Gasteiger partial charge >= 0.3 is 0 Å². The molecule has 1 aliphatic rings. The Balaban J connectivity index is 2.40. The van der Waals surface area contributed by atoms with Gasteiger partial charge in [-0.15, -0.1) is 0 Å². The smallest absolute Gasteiger partial charge is 0.0925 e. The van der Waals surface area contributed by atoms with Crippen molar-refractivity contribution in [3.05, 3.63) is 0 Å². The molecule has 0 aliphatic carbocycles. The summed E-state index contributed by atoms with van der Waals surface area (Å²) in [5.41, 5.74) is 5.68. The summed E-state index contributed by atoms with van der Waals surface area (Å²) in [6.07, 6.45) is 0.539. The molecular formula is C8H17NO2. The largest absolute Gasteiger partial charge is 0.389 e. The SMILES string of the molecule is CC(C)[C@H]1C[C@@H](N)[C@H](O)CO1. The van der Waals surface area contributed by atoms with E-state index >= 15 is 0 Å². The van der Waals surface area contributed by atoms with Crippen molar-refractivity contribution < 1.29 is 9.84 Å². The first-order chi connectivity index (χ1) is 5.11. The van der Waals surface area contributed by atoms with Gasteiger partial charge in [0.1, 0.15) is 0 Å². The second kappa shape index (κ2) is 3.52. The van der Waals surface area contributed by atoms with Gasteiger partial charge in [-0.1, -0.05) is 13.8 Å². The van der Waals surface area contributed by atoms with E-state index in [4.69, 9.17) is 10.5 Å². The van der Waals surface area contributed by atoms with E-state index in [1.54, 1.807) is 0 Å². The third kappa shape index (κ3) is 2.15. The van der Waals surface area contributed by atoms with Gasteiger partial charge in [-0.3, -0.25) is 0 Å². The highest BCUT2D eigenvalue weighted by atomic mass is 16.5. The van der Waals surface area contributed by atoms with Crippen molar-refractivity contribution in [2.45, 2.75) is 38.5 Å². The summed E-state index contributed by atoms with van der Waals surface area (Å²) in [6.45, 7) is 4.61. The molecule has 1 saturated heterocycles. The van der Waals surface area contributed by atoms with Gasteiger partial charge in [0.25, 0.3) is 0 Å². The second-order valence-corrected chi connectivity index (χ2v) is 3.58. The monoisotopic (exact) mass is 159 g/mol. The first-order valence-corrected chi connectivity index (χ1v) is 4.16. The third-order valence-electron chi connectivity index (χ3n) is 2.22. The van der Waals surface area contributed by atoms with E-state index in [9.17, 15) is 5.11 Å². The Morgan fingerprint density at radius 2 is 2.18 bits per heavy atom. The van der Waals surface area contributed by atoms with Crippen LogP contribution >= 0.6 is 0 Å². The van der Waals surface area contributed by atoms with Gasteiger partial charge in [0.15, 0.2) is 0 Å². The lowest BCUT2D eigenvalue weighted by Gasteiger charge is -2.33. The minimum atomic E-state index is -0.468. The van der Waals surface area contributed by atoms with Gasteiger partial charge in [0.05, 0.1) is 18.8 Å². The van der Waals surface area contributed by atoms with Gasteiger partial charge in [-0.05, 0) is 12.3 Å². The lowest BCUT2D eigenvalue weighted by molar-refractivity contribution is -0.0823. The van der Waals surface area contributed by atoms with Crippen LogP contribution in [0.1, 0.15) is 20.3 Å². The molecule has 1 fully saturated rings. The molecule has 0 unspecified atom stereocenters. The fourth-order valence-electron chi connectivity index (χ4n) is 1.30. The average molecular weight is 159 g/mol. The molecule has 0 spiro atoms. The number of ether oxygens (including phenoxy) is 1. The fourth-order valence-corrected chi connectivity index (χ4v) is 1.30. The van der Waals surface area contributed by atoms with Gasteiger partial charge in [0, 0.05) is 6.04 Å². The van der Waals surface area contributed by atoms with Crippen LogP contribution in [0.25, 0.3) is 0 Å². The lowest BCUT2D eigenvalue weighted by Crippen LogP contribution is -2.47. The van der Waals surface area contributed by atoms with Gasteiger partial charge in [-0.25, -0.2) is 0 Å². The van der Waals surface area contributed by atoms with Crippen LogP contribution in [0, 0.1) is 5.92 Å². The molecule has 0 bridgehead atoms. The molecule has 1 rings (SSSR count). The van der Waals surface area contributed by atoms with Crippen LogP contribution in [-0.2, 0) is 4.74 Å². The number of aliphatic hydroxyl groups excluding tert-OH is 1. The van der Waals surface area contributed by atoms with Crippen LogP contribution in [0.15, 0.2) is 0 Å². The molecular weight excluding hydrogens is 142 g/mol. The van der Waals surface area contributed by atoms with Gasteiger partial charge in [-0.2, -0.15) is 0 Å². The Kier molecular flexibility index (Phi) is 2.87. The van der Waals surface area contributed by atoms with Crippen molar-refractivity contribution in [3.8, 4) is 0 Å². The molecule has 3 atom stereocenters. The van der Waals surface area contributed by atoms with Gasteiger partial charge in [0.2, 0.25) is 0 Å². The van der Waals surface area contributed by atoms with Crippen molar-refractivity contribution in [1.82, 2.24) is 0 Å². The van der Waals surface area contributed by atoms with Crippen molar-refractivity contribution in [2.24, 2.45) is 11.7 Å². The van der Waals surface area contributed by atoms with Crippen molar-refractivity contribution in [3.63, 3.8) is 0 Å². The topological polar surface area (TPSA) is 55.5 Å². The number of hydrogen-bond acceptors (Lipinski definition) is 3. The molecule has 0 saturated carbocycles. The maximum atomic E-state index is 9.23. The first-order valence-electron chi connectivity index (χ1n) is 4.16. The zero-order valence-electron chi connectivity index (χ0n) is 7.16. The normalized spacial score (nSPS) is 39.5. The summed E-state index contributed by atoms with van der Waals surface area (Å²) in [6, 6.07) is -0.101. The van der Waals surface area contributed by atoms with Crippen LogP contribution in [0.5, 0.6) is 0 Å². The van der Waals surface area contributed by atoms with E-state index in [-0.39, 0.29) is 12.1 Å². The Morgan fingerprint density at radius 1 is 1.55 bits per heavy atom. The van der Waals surface area contributed by atoms with Gasteiger partial charge < -0.3 is 15.6 Å². The van der Waals surface area contributed by atoms with E-state index in [1.165, 1.54) is 0 Å². The fraction of sp³-hybridized carbons (Fsp3) is 1.00. The Hall–Kier alpha value is -0.120. The zero-order chi connectivity index (χ0) is 8.43. The predicted octanol–water partition coefficient (Wildman–Crippen LogP) is 0.120. The average Bonchev–Trinajstić information content (AvgIpc) is 1.94. The molecule has 0 amide bonds. The lowest BCUT2D eigenvalue weighted by atomic mass is 9.94. The molecule has 3 heteroatoms. The molecule has 3 N–H and O–H groups in total. The highest BCUT2D eigenvalue weighted by Gasteiger charge is 2.28. The number of rotatable bonds is 1. The highest BCUT2D eigenvalue weighted by Crippen LogP contribution is 2.18. The molecule has 0 aromatic rings. The summed E-state index contributed by atoms with van der Waals surface area (Å²) < 4.78 is 5.39. The quantitative estimate of drug-likeness (QED) is 0.571. The van der Waals surface area contributed by atoms with E-state index < -0.39 is 6.10 Å². The third-order valence-corrected chi connectivity index (χ3v) is 2.22. The number of nitrogens with two attached hydrogens (primary N) is 1. The second-order valence-electron chi connectivity index (χ2n) is 3.58. The summed E-state index contributed by atoms with van der Waals surface area (Å²) in [5.74, 6) is 0.494. The van der Waals surface area contributed by atoms with Crippen LogP contribution in [0.3, 0.4) is 0 Å².